The van der Waals surface area contributed by atoms with Crippen LogP contribution in [0.2, 0.25) is 0 Å². The molecule has 10 nitrogen and oxygen atoms in total. The smallest absolute Gasteiger partial charge is 0.277 e. The zero-order valence-electron chi connectivity index (χ0n) is 17.5. The first kappa shape index (κ1) is 22.9. The van der Waals surface area contributed by atoms with Gasteiger partial charge in [-0.25, -0.2) is 8.42 Å². The molecule has 1 atom stereocenters. The molecule has 0 aromatic carbocycles. The monoisotopic (exact) mass is 497 g/mol. The first-order valence-corrected chi connectivity index (χ1v) is 13.9. The van der Waals surface area contributed by atoms with Crippen LogP contribution in [0.25, 0.3) is 10.8 Å². The van der Waals surface area contributed by atoms with Gasteiger partial charge in [0, 0.05) is 13.0 Å². The van der Waals surface area contributed by atoms with Crippen molar-refractivity contribution in [2.24, 2.45) is 5.92 Å². The Hall–Kier alpha value is -2.25. The molecule has 1 saturated heterocycles. The van der Waals surface area contributed by atoms with E-state index in [1.165, 1.54) is 11.3 Å². The van der Waals surface area contributed by atoms with Crippen LogP contribution in [-0.4, -0.2) is 63.4 Å². The number of rotatable bonds is 10. The van der Waals surface area contributed by atoms with Crippen molar-refractivity contribution in [1.82, 2.24) is 25.3 Å². The summed E-state index contributed by atoms with van der Waals surface area (Å²) in [4.78, 5) is 15.3. The number of amides is 1. The summed E-state index contributed by atoms with van der Waals surface area (Å²) in [5, 5.41) is 18.3. The van der Waals surface area contributed by atoms with Gasteiger partial charge in [0.15, 0.2) is 9.84 Å². The molecular formula is C19H23N5O5S3. The first-order chi connectivity index (χ1) is 15.4. The van der Waals surface area contributed by atoms with E-state index in [-0.39, 0.29) is 35.6 Å². The summed E-state index contributed by atoms with van der Waals surface area (Å²) >= 11 is 2.67. The van der Waals surface area contributed by atoms with E-state index in [1.807, 2.05) is 24.4 Å². The highest BCUT2D eigenvalue weighted by molar-refractivity contribution is 7.99. The van der Waals surface area contributed by atoms with Crippen LogP contribution >= 0.6 is 23.1 Å². The molecule has 0 spiro atoms. The highest BCUT2D eigenvalue weighted by atomic mass is 32.2. The molecule has 1 aliphatic rings. The van der Waals surface area contributed by atoms with Crippen molar-refractivity contribution < 1.29 is 22.0 Å². The molecule has 1 fully saturated rings. The molecular weight excluding hydrogens is 474 g/mol. The lowest BCUT2D eigenvalue weighted by atomic mass is 10.1. The molecule has 32 heavy (non-hydrogen) atoms. The quantitative estimate of drug-likeness (QED) is 0.385. The minimum absolute atomic E-state index is 0.00783. The van der Waals surface area contributed by atoms with Crippen molar-refractivity contribution in [1.29, 1.82) is 0 Å². The predicted molar refractivity (Wildman–Crippen MR) is 119 cm³/mol. The third kappa shape index (κ3) is 5.95. The van der Waals surface area contributed by atoms with Crippen LogP contribution in [0, 0.1) is 5.92 Å². The maximum atomic E-state index is 12.8. The van der Waals surface area contributed by atoms with Crippen LogP contribution in [0.5, 0.6) is 0 Å². The number of hydrogen-bond acceptors (Lipinski definition) is 11. The fraction of sp³-hybridized carbons (Fsp3) is 0.526. The molecule has 0 unspecified atom stereocenters. The van der Waals surface area contributed by atoms with Crippen molar-refractivity contribution in [3.63, 3.8) is 0 Å². The van der Waals surface area contributed by atoms with Crippen LogP contribution in [0.1, 0.15) is 31.5 Å². The van der Waals surface area contributed by atoms with E-state index in [4.69, 9.17) is 8.83 Å². The molecule has 0 N–H and O–H groups in total. The molecule has 3 aromatic heterocycles. The summed E-state index contributed by atoms with van der Waals surface area (Å²) < 4.78 is 34.5. The third-order valence-electron chi connectivity index (χ3n) is 4.93. The van der Waals surface area contributed by atoms with Crippen LogP contribution in [-0.2, 0) is 27.6 Å². The first-order valence-electron chi connectivity index (χ1n) is 10.2. The second kappa shape index (κ2) is 10.1. The Morgan fingerprint density at radius 3 is 2.81 bits per heavy atom. The number of nitrogens with zero attached hydrogens (tertiary/aromatic N) is 5. The molecule has 4 heterocycles. The van der Waals surface area contributed by atoms with Gasteiger partial charge in [-0.3, -0.25) is 4.79 Å². The number of carbonyl (C=O) groups excluding carboxylic acids is 1. The van der Waals surface area contributed by atoms with Crippen LogP contribution in [0.15, 0.2) is 31.6 Å². The topological polar surface area (TPSA) is 132 Å². The molecule has 0 aliphatic carbocycles. The molecule has 172 valence electrons. The van der Waals surface area contributed by atoms with Gasteiger partial charge in [-0.2, -0.15) is 0 Å². The van der Waals surface area contributed by atoms with Crippen molar-refractivity contribution in [3.05, 3.63) is 29.3 Å². The summed E-state index contributed by atoms with van der Waals surface area (Å²) in [6.07, 6.45) is 1.84. The SMILES string of the molecule is CCCN(Cc1nnc(-c2cccs2)o1)C(=O)CSc1nnc(C[C@@H]2CCS(=O)(=O)C2)o1. The number of sulfone groups is 1. The van der Waals surface area contributed by atoms with Crippen LogP contribution in [0.4, 0.5) is 0 Å². The highest BCUT2D eigenvalue weighted by Crippen LogP contribution is 2.25. The van der Waals surface area contributed by atoms with Crippen LogP contribution < -0.4 is 0 Å². The van der Waals surface area contributed by atoms with E-state index >= 15 is 0 Å². The van der Waals surface area contributed by atoms with E-state index in [2.05, 4.69) is 20.4 Å². The third-order valence-corrected chi connectivity index (χ3v) is 8.43. The second-order valence-corrected chi connectivity index (χ2v) is 11.6. The van der Waals surface area contributed by atoms with Gasteiger partial charge in [0.25, 0.3) is 11.1 Å². The number of hydrogen-bond donors (Lipinski definition) is 0. The fourth-order valence-corrected chi connectivity index (χ4v) is 6.61. The summed E-state index contributed by atoms with van der Waals surface area (Å²) in [6, 6.07) is 3.81. The van der Waals surface area contributed by atoms with Gasteiger partial charge in [0.1, 0.15) is 0 Å². The Labute approximate surface area is 193 Å². The van der Waals surface area contributed by atoms with Gasteiger partial charge >= 0.3 is 0 Å². The molecule has 3 aromatic rings. The van der Waals surface area contributed by atoms with Gasteiger partial charge in [-0.15, -0.1) is 31.7 Å². The van der Waals surface area contributed by atoms with Crippen molar-refractivity contribution in [2.75, 3.05) is 23.8 Å². The van der Waals surface area contributed by atoms with Gasteiger partial charge in [-0.1, -0.05) is 24.8 Å². The minimum Gasteiger partial charge on any atom is -0.418 e. The summed E-state index contributed by atoms with van der Waals surface area (Å²) in [7, 11) is -2.94. The van der Waals surface area contributed by atoms with E-state index in [0.29, 0.717) is 42.3 Å². The molecule has 0 bridgehead atoms. The van der Waals surface area contributed by atoms with Gasteiger partial charge in [0.05, 0.1) is 28.7 Å². The van der Waals surface area contributed by atoms with E-state index in [9.17, 15) is 13.2 Å². The largest absolute Gasteiger partial charge is 0.418 e. The number of carbonyl (C=O) groups is 1. The Balaban J connectivity index is 1.30. The average molecular weight is 498 g/mol. The van der Waals surface area contributed by atoms with Gasteiger partial charge in [-0.05, 0) is 30.2 Å². The Morgan fingerprint density at radius 2 is 2.09 bits per heavy atom. The Morgan fingerprint density at radius 1 is 1.25 bits per heavy atom. The van der Waals surface area contributed by atoms with Gasteiger partial charge < -0.3 is 13.7 Å². The molecule has 4 rings (SSSR count). The molecule has 0 saturated carbocycles. The zero-order valence-corrected chi connectivity index (χ0v) is 19.9. The van der Waals surface area contributed by atoms with Crippen molar-refractivity contribution in [3.8, 4) is 10.8 Å². The number of thioether (sulfide) groups is 1. The zero-order chi connectivity index (χ0) is 22.6. The Bertz CT molecular complexity index is 1140. The minimum atomic E-state index is -2.94. The number of aromatic nitrogens is 4. The molecule has 1 aliphatic heterocycles. The lowest BCUT2D eigenvalue weighted by molar-refractivity contribution is -0.129. The summed E-state index contributed by atoms with van der Waals surface area (Å²) in [5.41, 5.74) is 0. The lowest BCUT2D eigenvalue weighted by Gasteiger charge is -2.19. The molecule has 0 radical (unpaired) electrons. The van der Waals surface area contributed by atoms with E-state index in [0.717, 1.165) is 23.1 Å². The van der Waals surface area contributed by atoms with E-state index < -0.39 is 9.84 Å². The lowest BCUT2D eigenvalue weighted by Crippen LogP contribution is -2.32. The summed E-state index contributed by atoms with van der Waals surface area (Å²) in [5.74, 6) is 1.64. The fourth-order valence-electron chi connectivity index (χ4n) is 3.42. The second-order valence-electron chi connectivity index (χ2n) is 7.52. The predicted octanol–water partition coefficient (Wildman–Crippen LogP) is 2.69. The Kier molecular flexibility index (Phi) is 7.26. The summed E-state index contributed by atoms with van der Waals surface area (Å²) in [6.45, 7) is 2.78. The highest BCUT2D eigenvalue weighted by Gasteiger charge is 2.29. The molecule has 1 amide bonds. The van der Waals surface area contributed by atoms with Crippen LogP contribution in [0.3, 0.4) is 0 Å². The van der Waals surface area contributed by atoms with Crippen molar-refractivity contribution in [2.45, 2.75) is 38.0 Å². The average Bonchev–Trinajstić information content (AvgIpc) is 3.54. The van der Waals surface area contributed by atoms with E-state index in [1.54, 1.807) is 4.90 Å². The van der Waals surface area contributed by atoms with Gasteiger partial charge in [0.2, 0.25) is 17.7 Å². The molecule has 13 heteroatoms. The van der Waals surface area contributed by atoms with Crippen molar-refractivity contribution >= 4 is 38.8 Å². The normalized spacial score (nSPS) is 17.6. The maximum absolute atomic E-state index is 12.8. The number of thiophene rings is 1. The standard InChI is InChI=1S/C19H23N5O5S3/c1-2-6-24(10-16-21-22-18(28-16)14-4-3-7-30-14)17(25)11-31-19-23-20-15(29-19)9-13-5-8-32(26,27)12-13/h3-4,7,13H,2,5-6,8-12H2,1H3/t13-/m0/s1. The maximum Gasteiger partial charge on any atom is 0.277 e.